The van der Waals surface area contributed by atoms with Crippen LogP contribution in [0.4, 0.5) is 4.39 Å². The molecule has 1 atom stereocenters. The molecule has 0 bridgehead atoms. The van der Waals surface area contributed by atoms with Crippen molar-refractivity contribution in [2.45, 2.75) is 6.04 Å². The molecule has 0 heterocycles. The van der Waals surface area contributed by atoms with E-state index < -0.39 is 0 Å². The zero-order valence-electron chi connectivity index (χ0n) is 9.63. The highest BCUT2D eigenvalue weighted by atomic mass is 79.9. The largest absolute Gasteiger partial charge is 0.271 e. The third-order valence-corrected chi connectivity index (χ3v) is 3.86. The van der Waals surface area contributed by atoms with Gasteiger partial charge in [0.25, 0.3) is 0 Å². The maximum Gasteiger partial charge on any atom is 0.124 e. The lowest BCUT2D eigenvalue weighted by Crippen LogP contribution is -2.28. The van der Waals surface area contributed by atoms with E-state index >= 15 is 0 Å². The SMILES string of the molecule is NNC(c1cc(F)cc(Br)c1)c1ccc(Cl)c(Cl)c1. The average Bonchev–Trinajstić information content (AvgIpc) is 2.33. The van der Waals surface area contributed by atoms with Crippen LogP contribution in [0.15, 0.2) is 40.9 Å². The molecule has 100 valence electrons. The third kappa shape index (κ3) is 3.46. The predicted molar refractivity (Wildman–Crippen MR) is 79.7 cm³/mol. The van der Waals surface area contributed by atoms with Crippen LogP contribution in [0.1, 0.15) is 17.2 Å². The first kappa shape index (κ1) is 14.8. The van der Waals surface area contributed by atoms with Gasteiger partial charge in [0.15, 0.2) is 0 Å². The summed E-state index contributed by atoms with van der Waals surface area (Å²) in [6, 6.07) is 9.38. The molecular formula is C13H10BrCl2FN2. The molecule has 0 saturated heterocycles. The molecule has 0 radical (unpaired) electrons. The van der Waals surface area contributed by atoms with Crippen LogP contribution in [-0.2, 0) is 0 Å². The summed E-state index contributed by atoms with van der Waals surface area (Å²) < 4.78 is 14.1. The van der Waals surface area contributed by atoms with Crippen molar-refractivity contribution >= 4 is 39.1 Å². The number of hydrogen-bond donors (Lipinski definition) is 2. The first-order chi connectivity index (χ1) is 9.01. The van der Waals surface area contributed by atoms with Crippen LogP contribution in [0.5, 0.6) is 0 Å². The Labute approximate surface area is 128 Å². The first-order valence-electron chi connectivity index (χ1n) is 5.38. The summed E-state index contributed by atoms with van der Waals surface area (Å²) in [7, 11) is 0. The van der Waals surface area contributed by atoms with Gasteiger partial charge < -0.3 is 0 Å². The van der Waals surface area contributed by atoms with Gasteiger partial charge in [-0.3, -0.25) is 5.84 Å². The summed E-state index contributed by atoms with van der Waals surface area (Å²) in [5.41, 5.74) is 4.13. The highest BCUT2D eigenvalue weighted by Crippen LogP contribution is 2.30. The van der Waals surface area contributed by atoms with E-state index in [2.05, 4.69) is 21.4 Å². The van der Waals surface area contributed by atoms with E-state index in [-0.39, 0.29) is 11.9 Å². The van der Waals surface area contributed by atoms with Gasteiger partial charge in [-0.15, -0.1) is 0 Å². The van der Waals surface area contributed by atoms with E-state index in [1.54, 1.807) is 24.3 Å². The molecule has 2 aromatic carbocycles. The molecule has 2 aromatic rings. The molecule has 0 aliphatic carbocycles. The van der Waals surface area contributed by atoms with Gasteiger partial charge in [-0.2, -0.15) is 0 Å². The Bertz CT molecular complexity index is 587. The lowest BCUT2D eigenvalue weighted by atomic mass is 9.99. The van der Waals surface area contributed by atoms with Gasteiger partial charge in [0, 0.05) is 4.47 Å². The maximum absolute atomic E-state index is 13.4. The van der Waals surface area contributed by atoms with Crippen molar-refractivity contribution < 1.29 is 4.39 Å². The van der Waals surface area contributed by atoms with Crippen molar-refractivity contribution in [3.63, 3.8) is 0 Å². The molecule has 0 saturated carbocycles. The normalized spacial score (nSPS) is 12.5. The van der Waals surface area contributed by atoms with Crippen LogP contribution in [0.3, 0.4) is 0 Å². The van der Waals surface area contributed by atoms with E-state index in [0.29, 0.717) is 20.1 Å². The van der Waals surface area contributed by atoms with Crippen LogP contribution < -0.4 is 11.3 Å². The molecule has 6 heteroatoms. The van der Waals surface area contributed by atoms with Crippen molar-refractivity contribution in [2.24, 2.45) is 5.84 Å². The molecule has 1 unspecified atom stereocenters. The molecular weight excluding hydrogens is 354 g/mol. The molecule has 0 aliphatic rings. The highest BCUT2D eigenvalue weighted by molar-refractivity contribution is 9.10. The second-order valence-corrected chi connectivity index (χ2v) is 5.71. The summed E-state index contributed by atoms with van der Waals surface area (Å²) in [6.07, 6.45) is 0. The Kier molecular flexibility index (Phi) is 4.81. The summed E-state index contributed by atoms with van der Waals surface area (Å²) in [5, 5.41) is 0.886. The maximum atomic E-state index is 13.4. The molecule has 0 spiro atoms. The molecule has 0 amide bonds. The number of hydrogen-bond acceptors (Lipinski definition) is 2. The summed E-state index contributed by atoms with van der Waals surface area (Å²) in [4.78, 5) is 0. The quantitative estimate of drug-likeness (QED) is 0.624. The van der Waals surface area contributed by atoms with Gasteiger partial charge >= 0.3 is 0 Å². The van der Waals surface area contributed by atoms with Crippen LogP contribution >= 0.6 is 39.1 Å². The van der Waals surface area contributed by atoms with E-state index in [9.17, 15) is 4.39 Å². The van der Waals surface area contributed by atoms with Gasteiger partial charge in [0.2, 0.25) is 0 Å². The number of nitrogens with two attached hydrogens (primary N) is 1. The second-order valence-electron chi connectivity index (χ2n) is 3.98. The van der Waals surface area contributed by atoms with Gasteiger partial charge in [-0.25, -0.2) is 9.82 Å². The number of nitrogens with one attached hydrogen (secondary N) is 1. The zero-order valence-corrected chi connectivity index (χ0v) is 12.7. The Balaban J connectivity index is 2.46. The summed E-state index contributed by atoms with van der Waals surface area (Å²) in [5.74, 6) is 5.22. The Morgan fingerprint density at radius 1 is 1.05 bits per heavy atom. The minimum atomic E-state index is -0.373. The third-order valence-electron chi connectivity index (χ3n) is 2.66. The molecule has 0 aliphatic heterocycles. The van der Waals surface area contributed by atoms with Crippen molar-refractivity contribution in [1.82, 2.24) is 5.43 Å². The molecule has 0 fully saturated rings. The van der Waals surface area contributed by atoms with E-state index in [1.807, 2.05) is 0 Å². The van der Waals surface area contributed by atoms with Crippen LogP contribution in [0.2, 0.25) is 10.0 Å². The van der Waals surface area contributed by atoms with E-state index in [0.717, 1.165) is 5.56 Å². The number of hydrazine groups is 1. The van der Waals surface area contributed by atoms with E-state index in [4.69, 9.17) is 29.0 Å². The number of benzene rings is 2. The molecule has 3 N–H and O–H groups in total. The number of rotatable bonds is 3. The Morgan fingerprint density at radius 2 is 1.79 bits per heavy atom. The minimum absolute atomic E-state index is 0.343. The average molecular weight is 364 g/mol. The van der Waals surface area contributed by atoms with Crippen molar-refractivity contribution in [3.05, 3.63) is 67.9 Å². The minimum Gasteiger partial charge on any atom is -0.271 e. The molecule has 2 nitrogen and oxygen atoms in total. The standard InChI is InChI=1S/C13H10BrCl2FN2/c14-9-3-8(4-10(17)6-9)13(19-18)7-1-2-11(15)12(16)5-7/h1-6,13,19H,18H2. The smallest absolute Gasteiger partial charge is 0.124 e. The molecule has 19 heavy (non-hydrogen) atoms. The Morgan fingerprint density at radius 3 is 2.37 bits per heavy atom. The van der Waals surface area contributed by atoms with Crippen LogP contribution in [-0.4, -0.2) is 0 Å². The molecule has 2 rings (SSSR count). The van der Waals surface area contributed by atoms with E-state index in [1.165, 1.54) is 12.1 Å². The van der Waals surface area contributed by atoms with Gasteiger partial charge in [-0.05, 0) is 41.5 Å². The Hall–Kier alpha value is -0.650. The number of halogens is 4. The monoisotopic (exact) mass is 362 g/mol. The fraction of sp³-hybridized carbons (Fsp3) is 0.0769. The lowest BCUT2D eigenvalue weighted by molar-refractivity contribution is 0.604. The zero-order chi connectivity index (χ0) is 14.0. The van der Waals surface area contributed by atoms with Gasteiger partial charge in [0.05, 0.1) is 16.1 Å². The fourth-order valence-electron chi connectivity index (χ4n) is 1.82. The van der Waals surface area contributed by atoms with Crippen LogP contribution in [0, 0.1) is 5.82 Å². The van der Waals surface area contributed by atoms with Crippen molar-refractivity contribution in [2.75, 3.05) is 0 Å². The fourth-order valence-corrected chi connectivity index (χ4v) is 2.61. The summed E-state index contributed by atoms with van der Waals surface area (Å²) >= 11 is 15.1. The lowest BCUT2D eigenvalue weighted by Gasteiger charge is -2.18. The van der Waals surface area contributed by atoms with Gasteiger partial charge in [0.1, 0.15) is 5.82 Å². The summed E-state index contributed by atoms with van der Waals surface area (Å²) in [6.45, 7) is 0. The van der Waals surface area contributed by atoms with Crippen molar-refractivity contribution in [1.29, 1.82) is 0 Å². The molecule has 0 aromatic heterocycles. The van der Waals surface area contributed by atoms with Gasteiger partial charge in [-0.1, -0.05) is 45.2 Å². The second kappa shape index (κ2) is 6.20. The first-order valence-corrected chi connectivity index (χ1v) is 6.93. The van der Waals surface area contributed by atoms with Crippen LogP contribution in [0.25, 0.3) is 0 Å². The van der Waals surface area contributed by atoms with Crippen molar-refractivity contribution in [3.8, 4) is 0 Å². The topological polar surface area (TPSA) is 38.0 Å². The highest BCUT2D eigenvalue weighted by Gasteiger charge is 2.15. The predicted octanol–water partition coefficient (Wildman–Crippen LogP) is 4.45.